The van der Waals surface area contributed by atoms with E-state index in [-0.39, 0.29) is 34.7 Å². The zero-order chi connectivity index (χ0) is 25.2. The second-order valence-corrected chi connectivity index (χ2v) is 11.7. The Morgan fingerprint density at radius 1 is 1.09 bits per heavy atom. The molecule has 2 aliphatic heterocycles. The van der Waals surface area contributed by atoms with E-state index < -0.39 is 10.0 Å². The molecule has 2 heterocycles. The van der Waals surface area contributed by atoms with E-state index in [0.717, 1.165) is 24.1 Å². The number of sulfonamides is 1. The minimum atomic E-state index is -3.66. The smallest absolute Gasteiger partial charge is 0.243 e. The van der Waals surface area contributed by atoms with Crippen LogP contribution < -0.4 is 10.2 Å². The molecule has 188 valence electrons. The summed E-state index contributed by atoms with van der Waals surface area (Å²) in [5.41, 5.74) is 2.86. The highest BCUT2D eigenvalue weighted by molar-refractivity contribution is 7.89. The average molecular weight is 498 g/mol. The van der Waals surface area contributed by atoms with Gasteiger partial charge in [0.1, 0.15) is 0 Å². The molecule has 0 spiro atoms. The topological polar surface area (TPSA) is 86.8 Å². The van der Waals surface area contributed by atoms with E-state index in [1.807, 2.05) is 25.1 Å². The third kappa shape index (κ3) is 5.43. The van der Waals surface area contributed by atoms with E-state index in [1.54, 1.807) is 23.1 Å². The van der Waals surface area contributed by atoms with E-state index in [9.17, 15) is 18.0 Å². The zero-order valence-corrected chi connectivity index (χ0v) is 21.6. The average Bonchev–Trinajstić information content (AvgIpc) is 3.19. The summed E-state index contributed by atoms with van der Waals surface area (Å²) in [6.07, 6.45) is 3.28. The summed E-state index contributed by atoms with van der Waals surface area (Å²) in [5.74, 6) is -0.210. The Balaban J connectivity index is 1.37. The van der Waals surface area contributed by atoms with Crippen molar-refractivity contribution < 1.29 is 18.0 Å². The normalized spacial score (nSPS) is 19.9. The van der Waals surface area contributed by atoms with Crippen LogP contribution in [0, 0.1) is 5.92 Å². The molecule has 0 aliphatic carbocycles. The second kappa shape index (κ2) is 10.5. The molecule has 0 saturated carbocycles. The molecule has 0 aromatic heterocycles. The van der Waals surface area contributed by atoms with Crippen LogP contribution in [0.1, 0.15) is 51.2 Å². The van der Waals surface area contributed by atoms with Crippen LogP contribution in [-0.4, -0.2) is 49.7 Å². The highest BCUT2D eigenvalue weighted by Crippen LogP contribution is 2.35. The Kier molecular flexibility index (Phi) is 7.62. The monoisotopic (exact) mass is 497 g/mol. The summed E-state index contributed by atoms with van der Waals surface area (Å²) < 4.78 is 28.2. The van der Waals surface area contributed by atoms with Crippen molar-refractivity contribution >= 4 is 27.5 Å². The number of fused-ring (bicyclic) bond motifs is 1. The highest BCUT2D eigenvalue weighted by Gasteiger charge is 2.35. The summed E-state index contributed by atoms with van der Waals surface area (Å²) in [5, 5.41) is 3.18. The van der Waals surface area contributed by atoms with Crippen molar-refractivity contribution in [1.82, 2.24) is 9.62 Å². The second-order valence-electron chi connectivity index (χ2n) is 9.71. The van der Waals surface area contributed by atoms with Gasteiger partial charge >= 0.3 is 0 Å². The van der Waals surface area contributed by atoms with Gasteiger partial charge in [0.2, 0.25) is 21.8 Å². The van der Waals surface area contributed by atoms with Crippen molar-refractivity contribution in [1.29, 1.82) is 0 Å². The fraction of sp³-hybridized carbons (Fsp3) is 0.481. The summed E-state index contributed by atoms with van der Waals surface area (Å²) in [6, 6.07) is 15.2. The maximum Gasteiger partial charge on any atom is 0.243 e. The molecule has 0 bridgehead atoms. The fourth-order valence-corrected chi connectivity index (χ4v) is 6.79. The van der Waals surface area contributed by atoms with E-state index >= 15 is 0 Å². The van der Waals surface area contributed by atoms with Crippen molar-refractivity contribution in [2.45, 2.75) is 69.9 Å². The van der Waals surface area contributed by atoms with E-state index in [4.69, 9.17) is 0 Å². The molecule has 2 aliphatic rings. The molecule has 0 unspecified atom stereocenters. The molecule has 35 heavy (non-hydrogen) atoms. The summed E-state index contributed by atoms with van der Waals surface area (Å²) >= 11 is 0. The molecule has 8 heteroatoms. The third-order valence-electron chi connectivity index (χ3n) is 7.23. The first-order valence-electron chi connectivity index (χ1n) is 12.5. The molecule has 2 atom stereocenters. The number of carbonyl (C=O) groups excluding carboxylic acids is 2. The Morgan fingerprint density at radius 2 is 1.77 bits per heavy atom. The van der Waals surface area contributed by atoms with Gasteiger partial charge in [-0.2, -0.15) is 4.31 Å². The Bertz CT molecular complexity index is 1170. The quantitative estimate of drug-likeness (QED) is 0.634. The lowest BCUT2D eigenvalue weighted by atomic mass is 9.96. The van der Waals surface area contributed by atoms with Crippen LogP contribution in [0.2, 0.25) is 0 Å². The Labute approximate surface area is 208 Å². The van der Waals surface area contributed by atoms with Crippen LogP contribution >= 0.6 is 0 Å². The van der Waals surface area contributed by atoms with E-state index in [2.05, 4.69) is 24.4 Å². The lowest BCUT2D eigenvalue weighted by Gasteiger charge is -2.31. The fourth-order valence-electron chi connectivity index (χ4n) is 5.27. The van der Waals surface area contributed by atoms with Gasteiger partial charge in [-0.15, -0.1) is 0 Å². The SMILES string of the molecule is CC[C@H](Cc1ccccc1)NC(=O)C1CCN(S(=O)(=O)c2ccc3c(c2)C[C@H](C)N3C(C)=O)CC1. The molecule has 2 aromatic carbocycles. The molecule has 2 aromatic rings. The van der Waals surface area contributed by atoms with Crippen molar-refractivity contribution in [3.05, 3.63) is 59.7 Å². The van der Waals surface area contributed by atoms with Gasteiger partial charge in [0.15, 0.2) is 0 Å². The van der Waals surface area contributed by atoms with Gasteiger partial charge in [0.05, 0.1) is 4.90 Å². The van der Waals surface area contributed by atoms with Crippen LogP contribution in [0.4, 0.5) is 5.69 Å². The van der Waals surface area contributed by atoms with Crippen molar-refractivity contribution in [2.75, 3.05) is 18.0 Å². The molecule has 1 N–H and O–H groups in total. The van der Waals surface area contributed by atoms with Crippen molar-refractivity contribution in [3.63, 3.8) is 0 Å². The number of amides is 2. The molecular weight excluding hydrogens is 462 g/mol. The number of hydrogen-bond acceptors (Lipinski definition) is 4. The molecule has 4 rings (SSSR count). The lowest BCUT2D eigenvalue weighted by molar-refractivity contribution is -0.126. The first-order chi connectivity index (χ1) is 16.7. The molecule has 7 nitrogen and oxygen atoms in total. The Hall–Kier alpha value is -2.71. The van der Waals surface area contributed by atoms with Gasteiger partial charge in [0.25, 0.3) is 0 Å². The summed E-state index contributed by atoms with van der Waals surface area (Å²) in [7, 11) is -3.66. The molecule has 2 amide bonds. The van der Waals surface area contributed by atoms with E-state index in [0.29, 0.717) is 32.4 Å². The zero-order valence-electron chi connectivity index (χ0n) is 20.7. The molecule has 1 fully saturated rings. The van der Waals surface area contributed by atoms with Gasteiger partial charge in [-0.3, -0.25) is 9.59 Å². The van der Waals surface area contributed by atoms with Crippen LogP contribution in [0.15, 0.2) is 53.4 Å². The van der Waals surface area contributed by atoms with Crippen LogP contribution in [0.3, 0.4) is 0 Å². The highest BCUT2D eigenvalue weighted by atomic mass is 32.2. The van der Waals surface area contributed by atoms with Crippen molar-refractivity contribution in [2.24, 2.45) is 5.92 Å². The molecular formula is C27H35N3O4S. The largest absolute Gasteiger partial charge is 0.353 e. The minimum Gasteiger partial charge on any atom is -0.353 e. The van der Waals surface area contributed by atoms with Crippen LogP contribution in [-0.2, 0) is 32.5 Å². The minimum absolute atomic E-state index is 0.0145. The predicted molar refractivity (Wildman–Crippen MR) is 137 cm³/mol. The van der Waals surface area contributed by atoms with Gasteiger partial charge in [-0.1, -0.05) is 37.3 Å². The molecule has 1 saturated heterocycles. The number of anilines is 1. The summed E-state index contributed by atoms with van der Waals surface area (Å²) in [6.45, 7) is 6.21. The van der Waals surface area contributed by atoms with Gasteiger partial charge in [0, 0.05) is 43.7 Å². The number of benzene rings is 2. The van der Waals surface area contributed by atoms with Crippen LogP contribution in [0.25, 0.3) is 0 Å². The van der Waals surface area contributed by atoms with Gasteiger partial charge in [-0.05, 0) is 68.4 Å². The number of nitrogens with one attached hydrogen (secondary N) is 1. The van der Waals surface area contributed by atoms with Gasteiger partial charge < -0.3 is 10.2 Å². The number of carbonyl (C=O) groups is 2. The summed E-state index contributed by atoms with van der Waals surface area (Å²) in [4.78, 5) is 26.9. The Morgan fingerprint density at radius 3 is 2.40 bits per heavy atom. The molecule has 0 radical (unpaired) electrons. The number of piperidine rings is 1. The maximum absolute atomic E-state index is 13.3. The van der Waals surface area contributed by atoms with Crippen LogP contribution in [0.5, 0.6) is 0 Å². The predicted octanol–water partition coefficient (Wildman–Crippen LogP) is 3.52. The lowest BCUT2D eigenvalue weighted by Crippen LogP contribution is -2.45. The van der Waals surface area contributed by atoms with Crippen molar-refractivity contribution in [3.8, 4) is 0 Å². The number of nitrogens with zero attached hydrogens (tertiary/aromatic N) is 2. The van der Waals surface area contributed by atoms with E-state index in [1.165, 1.54) is 16.8 Å². The number of rotatable bonds is 7. The maximum atomic E-state index is 13.3. The first kappa shape index (κ1) is 25.4. The number of hydrogen-bond donors (Lipinski definition) is 1. The third-order valence-corrected chi connectivity index (χ3v) is 9.13. The van der Waals surface area contributed by atoms with Gasteiger partial charge in [-0.25, -0.2) is 8.42 Å². The first-order valence-corrected chi connectivity index (χ1v) is 13.9. The standard InChI is InChI=1S/C27H35N3O4S/c1-4-24(17-21-8-6-5-7-9-21)28-27(32)22-12-14-29(15-13-22)35(33,34)25-10-11-26-23(18-25)16-19(2)30(26)20(3)31/h5-11,18-19,22,24H,4,12-17H2,1-3H3,(H,28,32)/t19-,24+/m0/s1.